The molecule has 4 nitrogen and oxygen atoms in total. The van der Waals surface area contributed by atoms with E-state index in [1.54, 1.807) is 6.07 Å². The van der Waals surface area contributed by atoms with Crippen molar-refractivity contribution in [2.45, 2.75) is 25.4 Å². The lowest BCUT2D eigenvalue weighted by Crippen LogP contribution is -2.26. The number of benzene rings is 1. The molecule has 1 fully saturated rings. The average molecular weight is 236 g/mol. The number of carboxylic acid groups (broad SMARTS) is 1. The minimum absolute atomic E-state index is 0.000602. The van der Waals surface area contributed by atoms with Crippen molar-refractivity contribution in [2.24, 2.45) is 0 Å². The van der Waals surface area contributed by atoms with Gasteiger partial charge in [0.15, 0.2) is 0 Å². The van der Waals surface area contributed by atoms with E-state index in [1.807, 2.05) is 18.2 Å². The van der Waals surface area contributed by atoms with Gasteiger partial charge in [0.05, 0.1) is 19.6 Å². The maximum absolute atomic E-state index is 10.7. The highest BCUT2D eigenvalue weighted by Crippen LogP contribution is 2.22. The molecule has 0 aromatic heterocycles. The van der Waals surface area contributed by atoms with Crippen molar-refractivity contribution >= 4 is 5.97 Å². The molecule has 0 saturated carbocycles. The zero-order valence-corrected chi connectivity index (χ0v) is 9.59. The summed E-state index contributed by atoms with van der Waals surface area (Å²) in [6, 6.07) is 7.31. The molecule has 0 aliphatic carbocycles. The summed E-state index contributed by atoms with van der Waals surface area (Å²) in [5.74, 6) is -0.158. The minimum atomic E-state index is -0.840. The molecular weight excluding hydrogens is 220 g/mol. The number of carboxylic acids is 1. The van der Waals surface area contributed by atoms with Crippen LogP contribution >= 0.6 is 0 Å². The van der Waals surface area contributed by atoms with Crippen molar-refractivity contribution in [1.82, 2.24) is 0 Å². The molecule has 92 valence electrons. The highest BCUT2D eigenvalue weighted by molar-refractivity contribution is 5.71. The third kappa shape index (κ3) is 3.46. The first-order valence-electron chi connectivity index (χ1n) is 5.80. The number of carbonyl (C=O) groups is 1. The predicted molar refractivity (Wildman–Crippen MR) is 62.3 cm³/mol. The second kappa shape index (κ2) is 5.68. The van der Waals surface area contributed by atoms with Gasteiger partial charge in [-0.15, -0.1) is 0 Å². The van der Waals surface area contributed by atoms with Gasteiger partial charge in [-0.2, -0.15) is 0 Å². The molecule has 1 aromatic rings. The van der Waals surface area contributed by atoms with Crippen LogP contribution in [0.4, 0.5) is 0 Å². The van der Waals surface area contributed by atoms with E-state index in [2.05, 4.69) is 0 Å². The molecule has 0 amide bonds. The first kappa shape index (κ1) is 11.9. The molecule has 1 heterocycles. The molecule has 1 aliphatic rings. The highest BCUT2D eigenvalue weighted by atomic mass is 16.5. The number of hydrogen-bond donors (Lipinski definition) is 1. The molecule has 17 heavy (non-hydrogen) atoms. The van der Waals surface area contributed by atoms with Crippen molar-refractivity contribution < 1.29 is 19.4 Å². The monoisotopic (exact) mass is 236 g/mol. The summed E-state index contributed by atoms with van der Waals surface area (Å²) >= 11 is 0. The molecule has 2 rings (SSSR count). The molecule has 1 aliphatic heterocycles. The van der Waals surface area contributed by atoms with Crippen molar-refractivity contribution in [3.8, 4) is 5.75 Å². The summed E-state index contributed by atoms with van der Waals surface area (Å²) in [6.45, 7) is 1.43. The van der Waals surface area contributed by atoms with Gasteiger partial charge in [-0.25, -0.2) is 0 Å². The highest BCUT2D eigenvalue weighted by Gasteiger charge is 2.17. The standard InChI is InChI=1S/C13H16O4/c14-13(15)9-10-3-1-2-4-12(10)17-11-5-7-16-8-6-11/h1-4,11H,5-9H2,(H,14,15). The number of para-hydroxylation sites is 1. The molecule has 0 atom stereocenters. The maximum Gasteiger partial charge on any atom is 0.307 e. The topological polar surface area (TPSA) is 55.8 Å². The fraction of sp³-hybridized carbons (Fsp3) is 0.462. The van der Waals surface area contributed by atoms with E-state index in [9.17, 15) is 4.79 Å². The molecule has 0 radical (unpaired) electrons. The second-order valence-electron chi connectivity index (χ2n) is 4.11. The van der Waals surface area contributed by atoms with Gasteiger partial charge in [0.25, 0.3) is 0 Å². The lowest BCUT2D eigenvalue weighted by molar-refractivity contribution is -0.136. The van der Waals surface area contributed by atoms with Crippen LogP contribution < -0.4 is 4.74 Å². The van der Waals surface area contributed by atoms with E-state index < -0.39 is 5.97 Å². The van der Waals surface area contributed by atoms with Crippen LogP contribution in [0.15, 0.2) is 24.3 Å². The van der Waals surface area contributed by atoms with Crippen molar-refractivity contribution in [1.29, 1.82) is 0 Å². The molecule has 1 saturated heterocycles. The summed E-state index contributed by atoms with van der Waals surface area (Å²) in [4.78, 5) is 10.7. The quantitative estimate of drug-likeness (QED) is 0.867. The fourth-order valence-electron chi connectivity index (χ4n) is 1.90. The summed E-state index contributed by atoms with van der Waals surface area (Å²) in [5, 5.41) is 8.82. The smallest absolute Gasteiger partial charge is 0.307 e. The van der Waals surface area contributed by atoms with Gasteiger partial charge >= 0.3 is 5.97 Å². The van der Waals surface area contributed by atoms with Crippen LogP contribution in [0.5, 0.6) is 5.75 Å². The summed E-state index contributed by atoms with van der Waals surface area (Å²) in [6.07, 6.45) is 1.86. The minimum Gasteiger partial charge on any atom is -0.490 e. The Balaban J connectivity index is 2.05. The lowest BCUT2D eigenvalue weighted by Gasteiger charge is -2.24. The van der Waals surface area contributed by atoms with Crippen LogP contribution in [0.1, 0.15) is 18.4 Å². The molecule has 1 aromatic carbocycles. The Morgan fingerprint density at radius 2 is 2.06 bits per heavy atom. The van der Waals surface area contributed by atoms with E-state index >= 15 is 0 Å². The van der Waals surface area contributed by atoms with Gasteiger partial charge in [0.1, 0.15) is 11.9 Å². The van der Waals surface area contributed by atoms with Gasteiger partial charge in [0, 0.05) is 18.4 Å². The second-order valence-corrected chi connectivity index (χ2v) is 4.11. The first-order valence-corrected chi connectivity index (χ1v) is 5.80. The van der Waals surface area contributed by atoms with Crippen LogP contribution in [-0.4, -0.2) is 30.4 Å². The third-order valence-electron chi connectivity index (χ3n) is 2.78. The Hall–Kier alpha value is -1.55. The number of hydrogen-bond acceptors (Lipinski definition) is 3. The zero-order chi connectivity index (χ0) is 12.1. The first-order chi connectivity index (χ1) is 8.25. The Morgan fingerprint density at radius 1 is 1.35 bits per heavy atom. The van der Waals surface area contributed by atoms with Gasteiger partial charge in [-0.1, -0.05) is 18.2 Å². The Bertz CT molecular complexity index is 383. The van der Waals surface area contributed by atoms with E-state index in [4.69, 9.17) is 14.6 Å². The number of rotatable bonds is 4. The molecule has 0 spiro atoms. The van der Waals surface area contributed by atoms with Crippen molar-refractivity contribution in [3.63, 3.8) is 0 Å². The Kier molecular flexibility index (Phi) is 3.98. The largest absolute Gasteiger partial charge is 0.490 e. The van der Waals surface area contributed by atoms with Crippen molar-refractivity contribution in [2.75, 3.05) is 13.2 Å². The molecule has 4 heteroatoms. The van der Waals surface area contributed by atoms with E-state index in [-0.39, 0.29) is 12.5 Å². The van der Waals surface area contributed by atoms with Gasteiger partial charge < -0.3 is 14.6 Å². The molecule has 0 unspecified atom stereocenters. The van der Waals surface area contributed by atoms with E-state index in [0.717, 1.165) is 18.4 Å². The summed E-state index contributed by atoms with van der Waals surface area (Å²) in [7, 11) is 0. The predicted octanol–water partition coefficient (Wildman–Crippen LogP) is 1.87. The van der Waals surface area contributed by atoms with Gasteiger partial charge in [-0.3, -0.25) is 4.79 Å². The SMILES string of the molecule is O=C(O)Cc1ccccc1OC1CCOCC1. The van der Waals surface area contributed by atoms with E-state index in [0.29, 0.717) is 19.0 Å². The third-order valence-corrected chi connectivity index (χ3v) is 2.78. The van der Waals surface area contributed by atoms with Crippen molar-refractivity contribution in [3.05, 3.63) is 29.8 Å². The number of ether oxygens (including phenoxy) is 2. The van der Waals surface area contributed by atoms with Crippen LogP contribution in [0.25, 0.3) is 0 Å². The van der Waals surface area contributed by atoms with Gasteiger partial charge in [0.2, 0.25) is 0 Å². The maximum atomic E-state index is 10.7. The van der Waals surface area contributed by atoms with E-state index in [1.165, 1.54) is 0 Å². The van der Waals surface area contributed by atoms with Crippen LogP contribution in [-0.2, 0) is 16.0 Å². The normalized spacial score (nSPS) is 16.7. The summed E-state index contributed by atoms with van der Waals surface area (Å²) < 4.78 is 11.1. The number of aliphatic carboxylic acids is 1. The summed E-state index contributed by atoms with van der Waals surface area (Å²) in [5.41, 5.74) is 0.728. The van der Waals surface area contributed by atoms with Gasteiger partial charge in [-0.05, 0) is 6.07 Å². The lowest BCUT2D eigenvalue weighted by atomic mass is 10.1. The average Bonchev–Trinajstić information content (AvgIpc) is 2.32. The Labute approximate surface area is 100 Å². The zero-order valence-electron chi connectivity index (χ0n) is 9.59. The fourth-order valence-corrected chi connectivity index (χ4v) is 1.90. The van der Waals surface area contributed by atoms with Crippen LogP contribution in [0, 0.1) is 0 Å². The van der Waals surface area contributed by atoms with Crippen LogP contribution in [0.2, 0.25) is 0 Å². The molecular formula is C13H16O4. The van der Waals surface area contributed by atoms with Crippen LogP contribution in [0.3, 0.4) is 0 Å². The molecule has 0 bridgehead atoms. The Morgan fingerprint density at radius 3 is 2.76 bits per heavy atom. The molecule has 1 N–H and O–H groups in total.